The number of anilines is 1. The van der Waals surface area contributed by atoms with Crippen molar-refractivity contribution >= 4 is 49.3 Å². The lowest BCUT2D eigenvalue weighted by Crippen LogP contribution is -2.05. The van der Waals surface area contributed by atoms with Gasteiger partial charge in [-0.1, -0.05) is 18.2 Å². The monoisotopic (exact) mass is 399 g/mol. The molecule has 0 amide bonds. The molecule has 2 rings (SSSR count). The van der Waals surface area contributed by atoms with Crippen molar-refractivity contribution in [2.24, 2.45) is 0 Å². The molecule has 0 saturated carbocycles. The average Bonchev–Trinajstić information content (AvgIpc) is 2.38. The summed E-state index contributed by atoms with van der Waals surface area (Å²) in [5.41, 5.74) is 2.36. The molecule has 4 heteroatoms. The van der Waals surface area contributed by atoms with Gasteiger partial charge < -0.3 is 5.32 Å². The number of thioether (sulfide) groups is 1. The predicted molar refractivity (Wildman–Crippen MR) is 92.2 cm³/mol. The molecule has 0 heterocycles. The molecule has 1 N–H and O–H groups in total. The van der Waals surface area contributed by atoms with E-state index in [0.717, 1.165) is 26.9 Å². The van der Waals surface area contributed by atoms with Crippen LogP contribution >= 0.6 is 43.6 Å². The van der Waals surface area contributed by atoms with Crippen molar-refractivity contribution in [2.45, 2.75) is 11.8 Å². The molecule has 2 aromatic rings. The van der Waals surface area contributed by atoms with Gasteiger partial charge >= 0.3 is 0 Å². The van der Waals surface area contributed by atoms with Crippen LogP contribution in [-0.2, 0) is 0 Å². The quantitative estimate of drug-likeness (QED) is 0.508. The fourth-order valence-corrected chi connectivity index (χ4v) is 4.22. The molecule has 0 unspecified atom stereocenters. The van der Waals surface area contributed by atoms with E-state index in [4.69, 9.17) is 0 Å². The first-order valence-electron chi connectivity index (χ1n) is 6.04. The number of benzene rings is 2. The first-order chi connectivity index (χ1) is 9.16. The van der Waals surface area contributed by atoms with Crippen LogP contribution in [0.3, 0.4) is 0 Å². The Kier molecular flexibility index (Phi) is 5.79. The highest BCUT2D eigenvalue weighted by Crippen LogP contribution is 2.32. The van der Waals surface area contributed by atoms with Crippen molar-refractivity contribution in [1.29, 1.82) is 0 Å². The van der Waals surface area contributed by atoms with E-state index in [9.17, 15) is 0 Å². The summed E-state index contributed by atoms with van der Waals surface area (Å²) in [4.78, 5) is 1.31. The first-order valence-corrected chi connectivity index (χ1v) is 8.61. The third kappa shape index (κ3) is 4.55. The standard InChI is InChI=1S/C15H15Br2NS/c1-11-9-13(16)15(14(17)10-11)18-7-8-19-12-5-3-2-4-6-12/h2-6,9-10,18H,7-8H2,1H3. The number of hydrogen-bond donors (Lipinski definition) is 1. The number of rotatable bonds is 5. The lowest BCUT2D eigenvalue weighted by molar-refractivity contribution is 1.21. The minimum atomic E-state index is 0.930. The molecule has 0 aliphatic rings. The Hall–Kier alpha value is -0.450. The van der Waals surface area contributed by atoms with Crippen LogP contribution in [0.1, 0.15) is 5.56 Å². The Morgan fingerprint density at radius 3 is 2.32 bits per heavy atom. The van der Waals surface area contributed by atoms with Gasteiger partial charge in [0.05, 0.1) is 5.69 Å². The third-order valence-corrected chi connectivity index (χ3v) is 4.87. The number of nitrogens with one attached hydrogen (secondary N) is 1. The van der Waals surface area contributed by atoms with Gasteiger partial charge in [-0.05, 0) is 68.6 Å². The summed E-state index contributed by atoms with van der Waals surface area (Å²) in [6.45, 7) is 3.02. The molecule has 0 saturated heterocycles. The Labute approximate surface area is 135 Å². The maximum atomic E-state index is 3.60. The molecular formula is C15H15Br2NS. The van der Waals surface area contributed by atoms with Gasteiger partial charge in [-0.2, -0.15) is 0 Å². The maximum Gasteiger partial charge on any atom is 0.0629 e. The van der Waals surface area contributed by atoms with E-state index >= 15 is 0 Å². The van der Waals surface area contributed by atoms with E-state index in [1.54, 1.807) is 0 Å². The summed E-state index contributed by atoms with van der Waals surface area (Å²) >= 11 is 9.05. The summed E-state index contributed by atoms with van der Waals surface area (Å²) in [6, 6.07) is 14.7. The second kappa shape index (κ2) is 7.36. The van der Waals surface area contributed by atoms with Crippen LogP contribution in [0.15, 0.2) is 56.3 Å². The molecule has 0 fully saturated rings. The average molecular weight is 401 g/mol. The van der Waals surface area contributed by atoms with E-state index in [-0.39, 0.29) is 0 Å². The van der Waals surface area contributed by atoms with Crippen molar-refractivity contribution in [1.82, 2.24) is 0 Å². The van der Waals surface area contributed by atoms with E-state index in [1.807, 2.05) is 17.8 Å². The summed E-state index contributed by atoms with van der Waals surface area (Å²) < 4.78 is 2.20. The molecule has 100 valence electrons. The van der Waals surface area contributed by atoms with Crippen LogP contribution in [0.25, 0.3) is 0 Å². The largest absolute Gasteiger partial charge is 0.382 e. The summed E-state index contributed by atoms with van der Waals surface area (Å²) in [5, 5.41) is 3.46. The van der Waals surface area contributed by atoms with Crippen molar-refractivity contribution in [3.05, 3.63) is 57.0 Å². The topological polar surface area (TPSA) is 12.0 Å². The van der Waals surface area contributed by atoms with Crippen molar-refractivity contribution in [3.8, 4) is 0 Å². The molecule has 19 heavy (non-hydrogen) atoms. The van der Waals surface area contributed by atoms with Gasteiger partial charge in [0.25, 0.3) is 0 Å². The number of hydrogen-bond acceptors (Lipinski definition) is 2. The summed E-state index contributed by atoms with van der Waals surface area (Å²) in [5.74, 6) is 1.04. The predicted octanol–water partition coefficient (Wildman–Crippen LogP) is 5.72. The van der Waals surface area contributed by atoms with Crippen molar-refractivity contribution < 1.29 is 0 Å². The molecule has 2 aromatic carbocycles. The second-order valence-corrected chi connectivity index (χ2v) is 7.07. The molecule has 0 atom stereocenters. The molecule has 0 spiro atoms. The van der Waals surface area contributed by atoms with E-state index in [0.29, 0.717) is 0 Å². The molecule has 0 aliphatic heterocycles. The van der Waals surface area contributed by atoms with Crippen LogP contribution in [0.4, 0.5) is 5.69 Å². The summed E-state index contributed by atoms with van der Waals surface area (Å²) in [7, 11) is 0. The van der Waals surface area contributed by atoms with Crippen LogP contribution < -0.4 is 5.32 Å². The van der Waals surface area contributed by atoms with Gasteiger partial charge in [0, 0.05) is 26.1 Å². The highest BCUT2D eigenvalue weighted by molar-refractivity contribution is 9.11. The maximum absolute atomic E-state index is 3.60. The SMILES string of the molecule is Cc1cc(Br)c(NCCSc2ccccc2)c(Br)c1. The number of halogens is 2. The normalized spacial score (nSPS) is 10.5. The van der Waals surface area contributed by atoms with Gasteiger partial charge in [-0.25, -0.2) is 0 Å². The Bertz CT molecular complexity index is 520. The van der Waals surface area contributed by atoms with E-state index in [2.05, 4.69) is 80.5 Å². The minimum Gasteiger partial charge on any atom is -0.382 e. The molecule has 1 nitrogen and oxygen atoms in total. The van der Waals surface area contributed by atoms with Crippen molar-refractivity contribution in [3.63, 3.8) is 0 Å². The van der Waals surface area contributed by atoms with Gasteiger partial charge in [-0.15, -0.1) is 11.8 Å². The number of aryl methyl sites for hydroxylation is 1. The minimum absolute atomic E-state index is 0.930. The van der Waals surface area contributed by atoms with Gasteiger partial charge in [-0.3, -0.25) is 0 Å². The zero-order chi connectivity index (χ0) is 13.7. The van der Waals surface area contributed by atoms with Gasteiger partial charge in [0.1, 0.15) is 0 Å². The van der Waals surface area contributed by atoms with E-state index < -0.39 is 0 Å². The molecule has 0 bridgehead atoms. The fourth-order valence-electron chi connectivity index (χ4n) is 1.73. The van der Waals surface area contributed by atoms with Crippen LogP contribution in [0, 0.1) is 6.92 Å². The van der Waals surface area contributed by atoms with Crippen LogP contribution in [-0.4, -0.2) is 12.3 Å². The third-order valence-electron chi connectivity index (χ3n) is 2.60. The van der Waals surface area contributed by atoms with Gasteiger partial charge in [0.2, 0.25) is 0 Å². The second-order valence-electron chi connectivity index (χ2n) is 4.19. The highest BCUT2D eigenvalue weighted by atomic mass is 79.9. The fraction of sp³-hybridized carbons (Fsp3) is 0.200. The van der Waals surface area contributed by atoms with E-state index in [1.165, 1.54) is 10.5 Å². The zero-order valence-corrected chi connectivity index (χ0v) is 14.6. The molecule has 0 aliphatic carbocycles. The van der Waals surface area contributed by atoms with Crippen LogP contribution in [0.2, 0.25) is 0 Å². The first kappa shape index (κ1) is 14.9. The molecule has 0 aromatic heterocycles. The zero-order valence-electron chi connectivity index (χ0n) is 10.6. The molecular weight excluding hydrogens is 386 g/mol. The Morgan fingerprint density at radius 2 is 1.68 bits per heavy atom. The smallest absolute Gasteiger partial charge is 0.0629 e. The highest BCUT2D eigenvalue weighted by Gasteiger charge is 2.05. The summed E-state index contributed by atoms with van der Waals surface area (Å²) in [6.07, 6.45) is 0. The van der Waals surface area contributed by atoms with Gasteiger partial charge in [0.15, 0.2) is 0 Å². The van der Waals surface area contributed by atoms with Crippen LogP contribution in [0.5, 0.6) is 0 Å². The lowest BCUT2D eigenvalue weighted by Gasteiger charge is -2.11. The Morgan fingerprint density at radius 1 is 1.05 bits per heavy atom. The lowest BCUT2D eigenvalue weighted by atomic mass is 10.2. The Balaban J connectivity index is 1.86. The van der Waals surface area contributed by atoms with Crippen molar-refractivity contribution in [2.75, 3.05) is 17.6 Å². The molecule has 0 radical (unpaired) electrons.